The van der Waals surface area contributed by atoms with Gasteiger partial charge in [0.05, 0.1) is 12.3 Å². The van der Waals surface area contributed by atoms with Crippen LogP contribution in [-0.4, -0.2) is 43.2 Å². The Labute approximate surface area is 110 Å². The highest BCUT2D eigenvalue weighted by atomic mass is 16.5. The van der Waals surface area contributed by atoms with E-state index in [1.54, 1.807) is 6.20 Å². The van der Waals surface area contributed by atoms with Gasteiger partial charge in [0.1, 0.15) is 5.75 Å². The van der Waals surface area contributed by atoms with Gasteiger partial charge in [-0.05, 0) is 46.1 Å². The molecule has 0 aliphatic rings. The Kier molecular flexibility index (Phi) is 6.09. The van der Waals surface area contributed by atoms with Gasteiger partial charge in [0.15, 0.2) is 0 Å². The summed E-state index contributed by atoms with van der Waals surface area (Å²) < 4.78 is 5.68. The van der Waals surface area contributed by atoms with Crippen LogP contribution in [0.5, 0.6) is 5.75 Å². The molecule has 1 unspecified atom stereocenters. The molecule has 1 rings (SSSR count). The first-order valence-corrected chi connectivity index (χ1v) is 6.52. The fourth-order valence-electron chi connectivity index (χ4n) is 1.86. The molecule has 0 bridgehead atoms. The van der Waals surface area contributed by atoms with Gasteiger partial charge in [-0.2, -0.15) is 0 Å². The van der Waals surface area contributed by atoms with E-state index in [9.17, 15) is 0 Å². The van der Waals surface area contributed by atoms with E-state index in [0.29, 0.717) is 0 Å². The van der Waals surface area contributed by atoms with Crippen LogP contribution in [0.4, 0.5) is 0 Å². The molecule has 0 amide bonds. The molecule has 0 saturated heterocycles. The lowest BCUT2D eigenvalue weighted by Crippen LogP contribution is -2.31. The first-order chi connectivity index (χ1) is 8.52. The lowest BCUT2D eigenvalue weighted by molar-refractivity contribution is 0.240. The minimum Gasteiger partial charge on any atom is -0.489 e. The fourth-order valence-corrected chi connectivity index (χ4v) is 1.86. The van der Waals surface area contributed by atoms with Crippen LogP contribution in [0.25, 0.3) is 0 Å². The monoisotopic (exact) mass is 251 g/mol. The van der Waals surface area contributed by atoms with E-state index in [2.05, 4.69) is 42.3 Å². The largest absolute Gasteiger partial charge is 0.489 e. The van der Waals surface area contributed by atoms with Crippen molar-refractivity contribution >= 4 is 0 Å². The lowest BCUT2D eigenvalue weighted by Gasteiger charge is -2.22. The summed E-state index contributed by atoms with van der Waals surface area (Å²) in [6.07, 6.45) is 3.85. The number of hydrogen-bond donors (Lipinski definition) is 1. The van der Waals surface area contributed by atoms with E-state index in [1.807, 2.05) is 20.0 Å². The molecule has 0 aliphatic carbocycles. The third-order valence-corrected chi connectivity index (χ3v) is 2.51. The maximum atomic E-state index is 5.68. The summed E-state index contributed by atoms with van der Waals surface area (Å²) >= 11 is 0. The van der Waals surface area contributed by atoms with Crippen LogP contribution in [0.1, 0.15) is 32.4 Å². The van der Waals surface area contributed by atoms with Crippen molar-refractivity contribution in [3.8, 4) is 5.75 Å². The third-order valence-electron chi connectivity index (χ3n) is 2.51. The molecule has 1 aromatic rings. The number of hydrogen-bond acceptors (Lipinski definition) is 4. The highest BCUT2D eigenvalue weighted by Crippen LogP contribution is 2.19. The van der Waals surface area contributed by atoms with Gasteiger partial charge in [0.2, 0.25) is 0 Å². The minimum atomic E-state index is 0.175. The second-order valence-electron chi connectivity index (χ2n) is 4.99. The molecule has 4 nitrogen and oxygen atoms in total. The molecule has 4 heteroatoms. The summed E-state index contributed by atoms with van der Waals surface area (Å²) in [6, 6.07) is 2.36. The van der Waals surface area contributed by atoms with Crippen molar-refractivity contribution in [3.63, 3.8) is 0 Å². The lowest BCUT2D eigenvalue weighted by atomic mass is 10.1. The summed E-state index contributed by atoms with van der Waals surface area (Å²) in [5.74, 6) is 0.837. The topological polar surface area (TPSA) is 37.4 Å². The van der Waals surface area contributed by atoms with Crippen LogP contribution in [-0.2, 0) is 0 Å². The van der Waals surface area contributed by atoms with E-state index in [1.165, 1.54) is 5.56 Å². The van der Waals surface area contributed by atoms with Gasteiger partial charge in [0.25, 0.3) is 0 Å². The molecule has 0 radical (unpaired) electrons. The van der Waals surface area contributed by atoms with Gasteiger partial charge >= 0.3 is 0 Å². The van der Waals surface area contributed by atoms with Gasteiger partial charge in [0, 0.05) is 18.8 Å². The summed E-state index contributed by atoms with van der Waals surface area (Å²) in [7, 11) is 4.15. The molecule has 1 N–H and O–H groups in total. The molecule has 0 aromatic carbocycles. The highest BCUT2D eigenvalue weighted by molar-refractivity contribution is 5.26. The summed E-state index contributed by atoms with van der Waals surface area (Å²) in [5.41, 5.74) is 1.17. The van der Waals surface area contributed by atoms with Crippen LogP contribution in [0.2, 0.25) is 0 Å². The van der Waals surface area contributed by atoms with Gasteiger partial charge in [-0.1, -0.05) is 6.92 Å². The summed E-state index contributed by atoms with van der Waals surface area (Å²) in [4.78, 5) is 6.43. The standard InChI is InChI=1S/C14H25N3O/c1-6-16-14(10-17(4)5)12-7-13(9-15-8-12)18-11(2)3/h7-9,11,14,16H,6,10H2,1-5H3. The number of pyridine rings is 1. The van der Waals surface area contributed by atoms with Gasteiger partial charge in [-0.15, -0.1) is 0 Å². The first-order valence-electron chi connectivity index (χ1n) is 6.52. The number of rotatable bonds is 7. The zero-order valence-electron chi connectivity index (χ0n) is 12.1. The van der Waals surface area contributed by atoms with Crippen LogP contribution in [0.15, 0.2) is 18.5 Å². The van der Waals surface area contributed by atoms with E-state index in [-0.39, 0.29) is 12.1 Å². The van der Waals surface area contributed by atoms with Crippen LogP contribution >= 0.6 is 0 Å². The fraction of sp³-hybridized carbons (Fsp3) is 0.643. The molecular formula is C14H25N3O. The van der Waals surface area contributed by atoms with Crippen LogP contribution < -0.4 is 10.1 Å². The Hall–Kier alpha value is -1.13. The Bertz CT molecular complexity index is 353. The molecule has 0 spiro atoms. The number of ether oxygens (including phenoxy) is 1. The number of aromatic nitrogens is 1. The summed E-state index contributed by atoms with van der Waals surface area (Å²) in [6.45, 7) is 8.04. The quantitative estimate of drug-likeness (QED) is 0.805. The van der Waals surface area contributed by atoms with Gasteiger partial charge in [-0.25, -0.2) is 0 Å². The smallest absolute Gasteiger partial charge is 0.138 e. The van der Waals surface area contributed by atoms with Crippen molar-refractivity contribution < 1.29 is 4.74 Å². The third kappa shape index (κ3) is 5.02. The van der Waals surface area contributed by atoms with Gasteiger partial charge in [-0.3, -0.25) is 4.98 Å². The van der Waals surface area contributed by atoms with Crippen molar-refractivity contribution in [2.75, 3.05) is 27.2 Å². The Morgan fingerprint density at radius 3 is 2.61 bits per heavy atom. The molecule has 1 atom stereocenters. The van der Waals surface area contributed by atoms with Crippen LogP contribution in [0.3, 0.4) is 0 Å². The van der Waals surface area contributed by atoms with Crippen molar-refractivity contribution in [2.24, 2.45) is 0 Å². The predicted octanol–water partition coefficient (Wildman–Crippen LogP) is 2.08. The van der Waals surface area contributed by atoms with Crippen molar-refractivity contribution in [2.45, 2.75) is 32.9 Å². The predicted molar refractivity (Wildman–Crippen MR) is 75.0 cm³/mol. The molecule has 0 aliphatic heterocycles. The maximum Gasteiger partial charge on any atom is 0.138 e. The summed E-state index contributed by atoms with van der Waals surface area (Å²) in [5, 5.41) is 3.47. The molecule has 0 fully saturated rings. The maximum absolute atomic E-state index is 5.68. The highest BCUT2D eigenvalue weighted by Gasteiger charge is 2.12. The van der Waals surface area contributed by atoms with Gasteiger partial charge < -0.3 is 15.0 Å². The Balaban J connectivity index is 2.83. The number of nitrogens with zero attached hydrogens (tertiary/aromatic N) is 2. The average molecular weight is 251 g/mol. The second kappa shape index (κ2) is 7.34. The molecule has 1 heterocycles. The molecular weight excluding hydrogens is 226 g/mol. The molecule has 1 aromatic heterocycles. The SMILES string of the molecule is CCNC(CN(C)C)c1cncc(OC(C)C)c1. The van der Waals surface area contributed by atoms with E-state index < -0.39 is 0 Å². The Morgan fingerprint density at radius 2 is 2.06 bits per heavy atom. The van der Waals surface area contributed by atoms with Crippen molar-refractivity contribution in [1.82, 2.24) is 15.2 Å². The Morgan fingerprint density at radius 1 is 1.33 bits per heavy atom. The normalized spacial score (nSPS) is 13.1. The zero-order valence-corrected chi connectivity index (χ0v) is 12.1. The zero-order chi connectivity index (χ0) is 13.5. The van der Waals surface area contributed by atoms with E-state index in [0.717, 1.165) is 18.8 Å². The van der Waals surface area contributed by atoms with Crippen molar-refractivity contribution in [3.05, 3.63) is 24.0 Å². The second-order valence-corrected chi connectivity index (χ2v) is 4.99. The minimum absolute atomic E-state index is 0.175. The van der Waals surface area contributed by atoms with Crippen molar-refractivity contribution in [1.29, 1.82) is 0 Å². The van der Waals surface area contributed by atoms with E-state index in [4.69, 9.17) is 4.74 Å². The number of nitrogens with one attached hydrogen (secondary N) is 1. The van der Waals surface area contributed by atoms with Crippen LogP contribution in [0, 0.1) is 0 Å². The number of likely N-dealkylation sites (N-methyl/N-ethyl adjacent to an activating group) is 2. The average Bonchev–Trinajstić information content (AvgIpc) is 2.27. The molecule has 102 valence electrons. The first kappa shape index (κ1) is 14.9. The molecule has 18 heavy (non-hydrogen) atoms. The molecule has 0 saturated carbocycles. The van der Waals surface area contributed by atoms with E-state index >= 15 is 0 Å².